The van der Waals surface area contributed by atoms with Gasteiger partial charge in [0, 0.05) is 6.54 Å². The molecular weight excluding hydrogens is 262 g/mol. The van der Waals surface area contributed by atoms with Crippen molar-refractivity contribution in [3.63, 3.8) is 0 Å². The Kier molecular flexibility index (Phi) is 5.89. The van der Waals surface area contributed by atoms with Gasteiger partial charge in [-0.1, -0.05) is 44.6 Å². The number of ether oxygens (including phenoxy) is 1. The van der Waals surface area contributed by atoms with E-state index < -0.39 is 0 Å². The van der Waals surface area contributed by atoms with Gasteiger partial charge >= 0.3 is 6.09 Å². The topological polar surface area (TPSA) is 38.3 Å². The highest BCUT2D eigenvalue weighted by molar-refractivity contribution is 5.67. The highest BCUT2D eigenvalue weighted by atomic mass is 16.6. The second-order valence-corrected chi connectivity index (χ2v) is 6.49. The van der Waals surface area contributed by atoms with Gasteiger partial charge in [-0.25, -0.2) is 4.79 Å². The maximum atomic E-state index is 12.0. The first-order valence-electron chi connectivity index (χ1n) is 8.47. The third kappa shape index (κ3) is 4.62. The summed E-state index contributed by atoms with van der Waals surface area (Å²) >= 11 is 0. The lowest BCUT2D eigenvalue weighted by atomic mass is 9.83. The largest absolute Gasteiger partial charge is 0.443 e. The zero-order valence-corrected chi connectivity index (χ0v) is 13.4. The highest BCUT2D eigenvalue weighted by Gasteiger charge is 2.34. The average molecular weight is 291 g/mol. The molecule has 1 fully saturated rings. The minimum atomic E-state index is -0.235. The number of carbonyl (C=O) groups is 1. The van der Waals surface area contributed by atoms with Crippen LogP contribution in [0, 0.1) is 11.8 Å². The molecule has 2 atom stereocenters. The summed E-state index contributed by atoms with van der Waals surface area (Å²) in [6.45, 7) is 5.03. The fraction of sp³-hybridized carbons (Fsp3) is 0.722. The SMILES string of the molecule is CCC1(OC(=O)NCCC2C=CC=CC2C)CCCCC1. The van der Waals surface area contributed by atoms with Gasteiger partial charge in [-0.2, -0.15) is 0 Å². The standard InChI is InChI=1S/C18H29NO2/c1-3-18(12-7-4-8-13-18)21-17(20)19-14-11-16-10-6-5-9-15(16)2/h5-6,9-10,15-16H,3-4,7-8,11-14H2,1-2H3,(H,19,20). The van der Waals surface area contributed by atoms with Crippen molar-refractivity contribution in [3.8, 4) is 0 Å². The first kappa shape index (κ1) is 16.1. The Bertz CT molecular complexity index is 394. The molecule has 21 heavy (non-hydrogen) atoms. The summed E-state index contributed by atoms with van der Waals surface area (Å²) in [6, 6.07) is 0. The van der Waals surface area contributed by atoms with Crippen LogP contribution in [-0.4, -0.2) is 18.2 Å². The molecule has 1 N–H and O–H groups in total. The van der Waals surface area contributed by atoms with Crippen LogP contribution in [0.25, 0.3) is 0 Å². The van der Waals surface area contributed by atoms with Crippen molar-refractivity contribution in [3.05, 3.63) is 24.3 Å². The molecule has 3 heteroatoms. The number of amides is 1. The van der Waals surface area contributed by atoms with Crippen LogP contribution < -0.4 is 5.32 Å². The molecule has 0 spiro atoms. The van der Waals surface area contributed by atoms with E-state index in [1.807, 2.05) is 0 Å². The zero-order valence-electron chi connectivity index (χ0n) is 13.4. The van der Waals surface area contributed by atoms with Crippen molar-refractivity contribution in [1.29, 1.82) is 0 Å². The van der Waals surface area contributed by atoms with Crippen molar-refractivity contribution in [1.82, 2.24) is 5.32 Å². The minimum Gasteiger partial charge on any atom is -0.443 e. The number of nitrogens with one attached hydrogen (secondary N) is 1. The number of alkyl carbamates (subject to hydrolysis) is 1. The molecule has 2 aliphatic rings. The Morgan fingerprint density at radius 2 is 1.95 bits per heavy atom. The van der Waals surface area contributed by atoms with Gasteiger partial charge in [-0.15, -0.1) is 0 Å². The third-order valence-corrected chi connectivity index (χ3v) is 5.02. The van der Waals surface area contributed by atoms with E-state index >= 15 is 0 Å². The third-order valence-electron chi connectivity index (χ3n) is 5.02. The lowest BCUT2D eigenvalue weighted by Gasteiger charge is -2.35. The van der Waals surface area contributed by atoms with Crippen LogP contribution in [0.15, 0.2) is 24.3 Å². The molecule has 2 aliphatic carbocycles. The van der Waals surface area contributed by atoms with Crippen LogP contribution in [0.3, 0.4) is 0 Å². The number of hydrogen-bond donors (Lipinski definition) is 1. The predicted molar refractivity (Wildman–Crippen MR) is 86.1 cm³/mol. The molecule has 0 bridgehead atoms. The number of hydrogen-bond acceptors (Lipinski definition) is 2. The lowest BCUT2D eigenvalue weighted by molar-refractivity contribution is -0.0194. The predicted octanol–water partition coefficient (Wildman–Crippen LogP) is 4.59. The van der Waals surface area contributed by atoms with Crippen LogP contribution in [-0.2, 0) is 4.74 Å². The molecule has 2 unspecified atom stereocenters. The molecule has 0 aliphatic heterocycles. The van der Waals surface area contributed by atoms with Crippen molar-refractivity contribution >= 4 is 6.09 Å². The number of rotatable bonds is 5. The summed E-state index contributed by atoms with van der Waals surface area (Å²) in [4.78, 5) is 12.0. The summed E-state index contributed by atoms with van der Waals surface area (Å²) in [5.41, 5.74) is -0.205. The van der Waals surface area contributed by atoms with Crippen molar-refractivity contribution in [2.24, 2.45) is 11.8 Å². The first-order valence-corrected chi connectivity index (χ1v) is 8.47. The van der Waals surface area contributed by atoms with E-state index in [0.29, 0.717) is 18.4 Å². The van der Waals surface area contributed by atoms with E-state index in [2.05, 4.69) is 43.5 Å². The van der Waals surface area contributed by atoms with Gasteiger partial charge in [-0.3, -0.25) is 0 Å². The summed E-state index contributed by atoms with van der Waals surface area (Å²) in [5, 5.41) is 2.94. The van der Waals surface area contributed by atoms with E-state index in [1.54, 1.807) is 0 Å². The van der Waals surface area contributed by atoms with Gasteiger partial charge in [0.1, 0.15) is 5.60 Å². The molecule has 2 rings (SSSR count). The van der Waals surface area contributed by atoms with E-state index in [1.165, 1.54) is 19.3 Å². The molecule has 1 saturated carbocycles. The monoisotopic (exact) mass is 291 g/mol. The molecule has 0 radical (unpaired) electrons. The molecule has 3 nitrogen and oxygen atoms in total. The molecule has 0 saturated heterocycles. The maximum absolute atomic E-state index is 12.0. The van der Waals surface area contributed by atoms with Gasteiger partial charge in [0.05, 0.1) is 0 Å². The second-order valence-electron chi connectivity index (χ2n) is 6.49. The molecule has 0 aromatic carbocycles. The van der Waals surface area contributed by atoms with Crippen LogP contribution in [0.5, 0.6) is 0 Å². The Labute approximate surface area is 128 Å². The van der Waals surface area contributed by atoms with Crippen LogP contribution >= 0.6 is 0 Å². The molecule has 0 heterocycles. The molecular formula is C18H29NO2. The Hall–Kier alpha value is -1.25. The van der Waals surface area contributed by atoms with Crippen molar-refractivity contribution in [2.45, 2.75) is 64.4 Å². The van der Waals surface area contributed by atoms with E-state index in [-0.39, 0.29) is 11.7 Å². The Morgan fingerprint density at radius 3 is 2.62 bits per heavy atom. The zero-order chi connectivity index (χ0) is 15.1. The van der Waals surface area contributed by atoms with Gasteiger partial charge < -0.3 is 10.1 Å². The van der Waals surface area contributed by atoms with Crippen molar-refractivity contribution in [2.75, 3.05) is 6.54 Å². The first-order chi connectivity index (χ1) is 10.2. The van der Waals surface area contributed by atoms with Gasteiger partial charge in [0.2, 0.25) is 0 Å². The average Bonchev–Trinajstić information content (AvgIpc) is 2.50. The van der Waals surface area contributed by atoms with Gasteiger partial charge in [-0.05, 0) is 50.4 Å². The summed E-state index contributed by atoms with van der Waals surface area (Å²) < 4.78 is 5.76. The number of carbonyl (C=O) groups excluding carboxylic acids is 1. The minimum absolute atomic E-state index is 0.205. The fourth-order valence-corrected chi connectivity index (χ4v) is 3.42. The summed E-state index contributed by atoms with van der Waals surface area (Å²) in [5.74, 6) is 1.07. The maximum Gasteiger partial charge on any atom is 0.407 e. The smallest absolute Gasteiger partial charge is 0.407 e. The van der Waals surface area contributed by atoms with Crippen LogP contribution in [0.1, 0.15) is 58.8 Å². The van der Waals surface area contributed by atoms with Crippen LogP contribution in [0.2, 0.25) is 0 Å². The van der Waals surface area contributed by atoms with Gasteiger partial charge in [0.25, 0.3) is 0 Å². The molecule has 0 aromatic rings. The Morgan fingerprint density at radius 1 is 1.24 bits per heavy atom. The molecule has 1 amide bonds. The van der Waals surface area contributed by atoms with E-state index in [4.69, 9.17) is 4.74 Å². The van der Waals surface area contributed by atoms with Crippen LogP contribution in [0.4, 0.5) is 4.79 Å². The fourth-order valence-electron chi connectivity index (χ4n) is 3.42. The summed E-state index contributed by atoms with van der Waals surface area (Å²) in [6.07, 6.45) is 16.0. The normalized spacial score (nSPS) is 27.3. The van der Waals surface area contributed by atoms with E-state index in [9.17, 15) is 4.79 Å². The van der Waals surface area contributed by atoms with Crippen molar-refractivity contribution < 1.29 is 9.53 Å². The molecule has 0 aromatic heterocycles. The van der Waals surface area contributed by atoms with E-state index in [0.717, 1.165) is 25.7 Å². The quantitative estimate of drug-likeness (QED) is 0.804. The summed E-state index contributed by atoms with van der Waals surface area (Å²) in [7, 11) is 0. The lowest BCUT2D eigenvalue weighted by Crippen LogP contribution is -2.40. The second kappa shape index (κ2) is 7.67. The highest BCUT2D eigenvalue weighted by Crippen LogP contribution is 2.34. The Balaban J connectivity index is 1.72. The van der Waals surface area contributed by atoms with Gasteiger partial charge in [0.15, 0.2) is 0 Å². The molecule has 118 valence electrons. The number of allylic oxidation sites excluding steroid dienone is 4.